The second-order valence-electron chi connectivity index (χ2n) is 7.77. The van der Waals surface area contributed by atoms with Gasteiger partial charge in [-0.1, -0.05) is 55.8 Å². The van der Waals surface area contributed by atoms with E-state index >= 15 is 0 Å². The lowest BCUT2D eigenvalue weighted by Gasteiger charge is -2.25. The van der Waals surface area contributed by atoms with Gasteiger partial charge in [-0.3, -0.25) is 5.41 Å². The first-order valence-corrected chi connectivity index (χ1v) is 10.7. The standard InChI is InChI=1S/C25H24ClF3N2O2/c1-16(2)23(31-22-12-11-18(14-21(22)26)25(27,28)29)24(30)32-15-17-7-6-10-20(13-17)33-19-8-4-3-5-9-19/h3-14,16,23,30-31H,15H2,1-2H3. The van der Waals surface area contributed by atoms with Gasteiger partial charge in [0.15, 0.2) is 0 Å². The van der Waals surface area contributed by atoms with Gasteiger partial charge in [-0.2, -0.15) is 13.2 Å². The Kier molecular flexibility index (Phi) is 7.87. The highest BCUT2D eigenvalue weighted by molar-refractivity contribution is 6.33. The second-order valence-corrected chi connectivity index (χ2v) is 8.18. The summed E-state index contributed by atoms with van der Waals surface area (Å²) in [6.07, 6.45) is -4.48. The number of nitrogens with one attached hydrogen (secondary N) is 2. The van der Waals surface area contributed by atoms with Gasteiger partial charge in [-0.05, 0) is 53.9 Å². The van der Waals surface area contributed by atoms with Crippen LogP contribution in [0.25, 0.3) is 0 Å². The quantitative estimate of drug-likeness (QED) is 0.258. The van der Waals surface area contributed by atoms with Gasteiger partial charge in [0, 0.05) is 0 Å². The summed E-state index contributed by atoms with van der Waals surface area (Å²) in [5, 5.41) is 11.3. The van der Waals surface area contributed by atoms with E-state index in [0.717, 1.165) is 17.7 Å². The monoisotopic (exact) mass is 476 g/mol. The van der Waals surface area contributed by atoms with E-state index in [0.29, 0.717) is 17.2 Å². The Morgan fingerprint density at radius 1 is 0.970 bits per heavy atom. The normalized spacial score (nSPS) is 12.3. The molecule has 0 saturated heterocycles. The number of halogens is 4. The van der Waals surface area contributed by atoms with E-state index in [1.807, 2.05) is 68.4 Å². The molecule has 0 saturated carbocycles. The molecule has 33 heavy (non-hydrogen) atoms. The average molecular weight is 477 g/mol. The lowest BCUT2D eigenvalue weighted by Crippen LogP contribution is -2.35. The molecule has 0 amide bonds. The van der Waals surface area contributed by atoms with Gasteiger partial charge in [0.05, 0.1) is 16.3 Å². The van der Waals surface area contributed by atoms with Crippen LogP contribution in [0, 0.1) is 11.3 Å². The molecule has 0 aliphatic carbocycles. The summed E-state index contributed by atoms with van der Waals surface area (Å²) < 4.78 is 50.2. The molecule has 0 heterocycles. The zero-order chi connectivity index (χ0) is 24.0. The van der Waals surface area contributed by atoms with E-state index in [-0.39, 0.29) is 23.4 Å². The fourth-order valence-corrected chi connectivity index (χ4v) is 3.32. The molecule has 0 radical (unpaired) electrons. The number of anilines is 1. The van der Waals surface area contributed by atoms with Gasteiger partial charge in [-0.25, -0.2) is 0 Å². The first-order chi connectivity index (χ1) is 15.6. The maximum atomic E-state index is 12.9. The average Bonchev–Trinajstić information content (AvgIpc) is 2.76. The Morgan fingerprint density at radius 3 is 2.30 bits per heavy atom. The molecule has 3 aromatic carbocycles. The zero-order valence-electron chi connectivity index (χ0n) is 18.1. The maximum absolute atomic E-state index is 12.9. The van der Waals surface area contributed by atoms with Crippen LogP contribution in [0.15, 0.2) is 72.8 Å². The van der Waals surface area contributed by atoms with Crippen molar-refractivity contribution in [3.8, 4) is 11.5 Å². The minimum atomic E-state index is -4.48. The van der Waals surface area contributed by atoms with E-state index in [1.165, 1.54) is 6.07 Å². The molecule has 3 aromatic rings. The van der Waals surface area contributed by atoms with Crippen molar-refractivity contribution in [3.05, 3.63) is 88.9 Å². The van der Waals surface area contributed by atoms with Crippen LogP contribution in [0.1, 0.15) is 25.0 Å². The Bertz CT molecular complexity index is 1090. The zero-order valence-corrected chi connectivity index (χ0v) is 18.9. The highest BCUT2D eigenvalue weighted by atomic mass is 35.5. The van der Waals surface area contributed by atoms with Crippen molar-refractivity contribution < 1.29 is 22.6 Å². The van der Waals surface area contributed by atoms with Crippen molar-refractivity contribution in [1.82, 2.24) is 0 Å². The van der Waals surface area contributed by atoms with Crippen LogP contribution < -0.4 is 10.1 Å². The molecule has 0 fully saturated rings. The van der Waals surface area contributed by atoms with Crippen molar-refractivity contribution in [2.24, 2.45) is 5.92 Å². The van der Waals surface area contributed by atoms with Gasteiger partial charge in [0.2, 0.25) is 5.90 Å². The maximum Gasteiger partial charge on any atom is 0.416 e. The van der Waals surface area contributed by atoms with Gasteiger partial charge in [0.1, 0.15) is 24.1 Å². The second kappa shape index (κ2) is 10.6. The lowest BCUT2D eigenvalue weighted by molar-refractivity contribution is -0.137. The summed E-state index contributed by atoms with van der Waals surface area (Å²) in [5.41, 5.74) is 0.279. The van der Waals surface area contributed by atoms with Gasteiger partial charge in [-0.15, -0.1) is 0 Å². The van der Waals surface area contributed by atoms with Crippen molar-refractivity contribution in [3.63, 3.8) is 0 Å². The summed E-state index contributed by atoms with van der Waals surface area (Å²) in [4.78, 5) is 0. The largest absolute Gasteiger partial charge is 0.475 e. The van der Waals surface area contributed by atoms with Gasteiger partial charge in [0.25, 0.3) is 0 Å². The first kappa shape index (κ1) is 24.5. The predicted octanol–water partition coefficient (Wildman–Crippen LogP) is 7.78. The molecule has 2 N–H and O–H groups in total. The smallest absolute Gasteiger partial charge is 0.416 e. The molecule has 0 aliphatic heterocycles. The van der Waals surface area contributed by atoms with Crippen LogP contribution in [0.2, 0.25) is 5.02 Å². The number of rotatable bonds is 8. The summed E-state index contributed by atoms with van der Waals surface area (Å²) >= 11 is 6.06. The number of hydrogen-bond acceptors (Lipinski definition) is 4. The molecule has 174 valence electrons. The molecular formula is C25H24ClF3N2O2. The van der Waals surface area contributed by atoms with Crippen LogP contribution >= 0.6 is 11.6 Å². The topological polar surface area (TPSA) is 54.3 Å². The molecule has 1 unspecified atom stereocenters. The van der Waals surface area contributed by atoms with E-state index in [2.05, 4.69) is 5.32 Å². The molecule has 3 rings (SSSR count). The fourth-order valence-electron chi connectivity index (χ4n) is 3.09. The third-order valence-corrected chi connectivity index (χ3v) is 5.14. The molecule has 4 nitrogen and oxygen atoms in total. The third-order valence-electron chi connectivity index (χ3n) is 4.83. The fraction of sp³-hybridized carbons (Fsp3) is 0.240. The molecule has 8 heteroatoms. The summed E-state index contributed by atoms with van der Waals surface area (Å²) in [6.45, 7) is 3.89. The van der Waals surface area contributed by atoms with E-state index < -0.39 is 17.8 Å². The third kappa shape index (κ3) is 6.89. The van der Waals surface area contributed by atoms with E-state index in [1.54, 1.807) is 0 Å². The predicted molar refractivity (Wildman–Crippen MR) is 124 cm³/mol. The van der Waals surface area contributed by atoms with Crippen molar-refractivity contribution in [2.75, 3.05) is 5.32 Å². The number of hydrogen-bond donors (Lipinski definition) is 2. The van der Waals surface area contributed by atoms with Gasteiger partial charge < -0.3 is 14.8 Å². The van der Waals surface area contributed by atoms with Crippen molar-refractivity contribution in [2.45, 2.75) is 32.7 Å². The van der Waals surface area contributed by atoms with E-state index in [9.17, 15) is 13.2 Å². The summed E-state index contributed by atoms with van der Waals surface area (Å²) in [6, 6.07) is 19.2. The molecular weight excluding hydrogens is 453 g/mol. The lowest BCUT2D eigenvalue weighted by atomic mass is 10.0. The van der Waals surface area contributed by atoms with Gasteiger partial charge >= 0.3 is 6.18 Å². The number of alkyl halides is 3. The van der Waals surface area contributed by atoms with Crippen LogP contribution in [0.5, 0.6) is 11.5 Å². The van der Waals surface area contributed by atoms with Crippen LogP contribution in [0.3, 0.4) is 0 Å². The Morgan fingerprint density at radius 2 is 1.67 bits per heavy atom. The Hall–Kier alpha value is -3.19. The Balaban J connectivity index is 1.65. The SMILES string of the molecule is CC(C)C(Nc1ccc(C(F)(F)F)cc1Cl)C(=N)OCc1cccc(Oc2ccccc2)c1. The minimum absolute atomic E-state index is 0.0460. The Labute approximate surface area is 195 Å². The van der Waals surface area contributed by atoms with Crippen LogP contribution in [-0.2, 0) is 17.5 Å². The summed E-state index contributed by atoms with van der Waals surface area (Å²) in [7, 11) is 0. The molecule has 0 spiro atoms. The molecule has 0 bridgehead atoms. The van der Waals surface area contributed by atoms with Crippen molar-refractivity contribution in [1.29, 1.82) is 5.41 Å². The van der Waals surface area contributed by atoms with Crippen LogP contribution in [-0.4, -0.2) is 11.9 Å². The highest BCUT2D eigenvalue weighted by Crippen LogP contribution is 2.34. The number of ether oxygens (including phenoxy) is 2. The minimum Gasteiger partial charge on any atom is -0.475 e. The van der Waals surface area contributed by atoms with Crippen molar-refractivity contribution >= 4 is 23.2 Å². The first-order valence-electron chi connectivity index (χ1n) is 10.3. The summed E-state index contributed by atoms with van der Waals surface area (Å²) in [5.74, 6) is 1.23. The molecule has 0 aliphatic rings. The molecule has 1 atom stereocenters. The number of benzene rings is 3. The van der Waals surface area contributed by atoms with Crippen LogP contribution in [0.4, 0.5) is 18.9 Å². The highest BCUT2D eigenvalue weighted by Gasteiger charge is 2.31. The number of para-hydroxylation sites is 1. The van der Waals surface area contributed by atoms with E-state index in [4.69, 9.17) is 26.5 Å². The molecule has 0 aromatic heterocycles.